The molecule has 2 aromatic carbocycles. The molecule has 1 fully saturated rings. The molecule has 0 saturated carbocycles. The highest BCUT2D eigenvalue weighted by Gasteiger charge is 2.44. The maximum atomic E-state index is 13.5. The molecule has 1 saturated heterocycles. The van der Waals surface area contributed by atoms with Gasteiger partial charge in [0.1, 0.15) is 5.82 Å². The number of halogens is 2. The van der Waals surface area contributed by atoms with E-state index in [1.54, 1.807) is 30.3 Å². The molecule has 0 bridgehead atoms. The molecule has 8 heteroatoms. The quantitative estimate of drug-likeness (QED) is 0.591. The van der Waals surface area contributed by atoms with Gasteiger partial charge < -0.3 is 14.7 Å². The first-order chi connectivity index (χ1) is 14.6. The largest absolute Gasteiger partial charge is 0.465 e. The van der Waals surface area contributed by atoms with Gasteiger partial charge in [0.25, 0.3) is 0 Å². The second-order valence-corrected chi connectivity index (χ2v) is 9.14. The lowest BCUT2D eigenvalue weighted by atomic mass is 9.80. The van der Waals surface area contributed by atoms with Crippen LogP contribution in [0.1, 0.15) is 27.2 Å². The first-order valence-corrected chi connectivity index (χ1v) is 10.4. The van der Waals surface area contributed by atoms with Crippen LogP contribution in [0.15, 0.2) is 42.5 Å². The number of hydrogen-bond donors (Lipinski definition) is 2. The minimum atomic E-state index is -0.959. The summed E-state index contributed by atoms with van der Waals surface area (Å²) in [6.45, 7) is 6.48. The van der Waals surface area contributed by atoms with Crippen molar-refractivity contribution < 1.29 is 23.8 Å². The lowest BCUT2D eigenvalue weighted by Gasteiger charge is -2.36. The lowest BCUT2D eigenvalue weighted by Crippen LogP contribution is -2.46. The van der Waals surface area contributed by atoms with E-state index < -0.39 is 18.0 Å². The molecule has 1 heterocycles. The zero-order valence-corrected chi connectivity index (χ0v) is 18.4. The summed E-state index contributed by atoms with van der Waals surface area (Å²) in [6.07, 6.45) is -0.965. The van der Waals surface area contributed by atoms with Crippen LogP contribution >= 0.6 is 11.6 Å². The van der Waals surface area contributed by atoms with E-state index in [1.807, 2.05) is 20.8 Å². The molecule has 2 atom stereocenters. The molecule has 3 rings (SSSR count). The molecule has 166 valence electrons. The number of carbonyl (C=O) groups excluding carboxylic acids is 1. The second kappa shape index (κ2) is 9.14. The zero-order valence-electron chi connectivity index (χ0n) is 17.7. The van der Waals surface area contributed by atoms with Gasteiger partial charge in [-0.1, -0.05) is 56.6 Å². The van der Waals surface area contributed by atoms with E-state index in [4.69, 9.17) is 16.3 Å². The topological polar surface area (TPSA) is 78.9 Å². The van der Waals surface area contributed by atoms with Gasteiger partial charge in [0.15, 0.2) is 0 Å². The summed E-state index contributed by atoms with van der Waals surface area (Å²) in [4.78, 5) is 25.5. The molecule has 1 aliphatic heterocycles. The van der Waals surface area contributed by atoms with Crippen molar-refractivity contribution in [2.45, 2.75) is 33.2 Å². The molecular formula is C23H26ClFN2O4. The normalized spacial score (nSPS) is 18.7. The molecule has 0 aliphatic carbocycles. The summed E-state index contributed by atoms with van der Waals surface area (Å²) in [5.41, 5.74) is 1.55. The van der Waals surface area contributed by atoms with E-state index in [2.05, 4.69) is 5.32 Å². The number of nitrogens with zero attached hydrogens (tertiary/aromatic N) is 1. The minimum absolute atomic E-state index is 0.00711. The van der Waals surface area contributed by atoms with Crippen LogP contribution in [0.2, 0.25) is 5.02 Å². The van der Waals surface area contributed by atoms with Gasteiger partial charge in [-0.25, -0.2) is 14.0 Å². The van der Waals surface area contributed by atoms with E-state index in [-0.39, 0.29) is 29.0 Å². The first-order valence-electron chi connectivity index (χ1n) is 10.1. The van der Waals surface area contributed by atoms with Crippen LogP contribution < -0.4 is 5.32 Å². The summed E-state index contributed by atoms with van der Waals surface area (Å²) in [6, 6.07) is 11.2. The molecule has 0 radical (unpaired) electrons. The van der Waals surface area contributed by atoms with E-state index >= 15 is 0 Å². The average molecular weight is 449 g/mol. The SMILES string of the molecule is CC(C)(C)C1C(COC(=O)Nc2ccccc2-c2ccc(F)c(Cl)c2)CCN1C(=O)O. The number of benzene rings is 2. The summed E-state index contributed by atoms with van der Waals surface area (Å²) in [5, 5.41) is 12.2. The van der Waals surface area contributed by atoms with Crippen LogP contribution in [0.4, 0.5) is 19.7 Å². The number of ether oxygens (including phenoxy) is 1. The molecule has 2 amide bonds. The fraction of sp³-hybridized carbons (Fsp3) is 0.391. The Labute approximate surface area is 186 Å². The number of nitrogens with one attached hydrogen (secondary N) is 1. The smallest absolute Gasteiger partial charge is 0.411 e. The Kier molecular flexibility index (Phi) is 6.74. The van der Waals surface area contributed by atoms with Crippen molar-refractivity contribution >= 4 is 29.5 Å². The summed E-state index contributed by atoms with van der Waals surface area (Å²) in [5.74, 6) is -0.608. The van der Waals surface area contributed by atoms with Gasteiger partial charge >= 0.3 is 12.2 Å². The second-order valence-electron chi connectivity index (χ2n) is 8.73. The molecule has 2 N–H and O–H groups in total. The van der Waals surface area contributed by atoms with Crippen molar-refractivity contribution in [1.29, 1.82) is 0 Å². The van der Waals surface area contributed by atoms with Crippen LogP contribution in [-0.4, -0.2) is 41.4 Å². The summed E-state index contributed by atoms with van der Waals surface area (Å²) < 4.78 is 19.0. The van der Waals surface area contributed by atoms with Crippen molar-refractivity contribution in [3.63, 3.8) is 0 Å². The van der Waals surface area contributed by atoms with E-state index in [0.29, 0.717) is 29.8 Å². The summed E-state index contributed by atoms with van der Waals surface area (Å²) in [7, 11) is 0. The molecule has 0 spiro atoms. The van der Waals surface area contributed by atoms with Crippen LogP contribution in [-0.2, 0) is 4.74 Å². The van der Waals surface area contributed by atoms with Crippen LogP contribution in [0.5, 0.6) is 0 Å². The van der Waals surface area contributed by atoms with Crippen LogP contribution in [0, 0.1) is 17.2 Å². The Balaban J connectivity index is 1.69. The lowest BCUT2D eigenvalue weighted by molar-refractivity contribution is 0.0686. The first kappa shape index (κ1) is 22.9. The summed E-state index contributed by atoms with van der Waals surface area (Å²) >= 11 is 5.90. The number of likely N-dealkylation sites (tertiary alicyclic amines) is 1. The highest BCUT2D eigenvalue weighted by atomic mass is 35.5. The van der Waals surface area contributed by atoms with Gasteiger partial charge in [-0.3, -0.25) is 5.32 Å². The molecular weight excluding hydrogens is 423 g/mol. The third-order valence-electron chi connectivity index (χ3n) is 5.48. The number of anilines is 1. The van der Waals surface area contributed by atoms with Crippen molar-refractivity contribution in [1.82, 2.24) is 4.90 Å². The fourth-order valence-electron chi connectivity index (χ4n) is 4.26. The molecule has 1 aliphatic rings. The minimum Gasteiger partial charge on any atom is -0.465 e. The Morgan fingerprint density at radius 1 is 1.26 bits per heavy atom. The van der Waals surface area contributed by atoms with Gasteiger partial charge in [0, 0.05) is 24.1 Å². The highest BCUT2D eigenvalue weighted by molar-refractivity contribution is 6.31. The number of carboxylic acid groups (broad SMARTS) is 1. The van der Waals surface area contributed by atoms with Crippen molar-refractivity contribution in [2.24, 2.45) is 11.3 Å². The molecule has 31 heavy (non-hydrogen) atoms. The monoisotopic (exact) mass is 448 g/mol. The van der Waals surface area contributed by atoms with Crippen LogP contribution in [0.25, 0.3) is 11.1 Å². The van der Waals surface area contributed by atoms with Gasteiger partial charge in [0.05, 0.1) is 17.3 Å². The Morgan fingerprint density at radius 3 is 2.61 bits per heavy atom. The predicted molar refractivity (Wildman–Crippen MR) is 118 cm³/mol. The highest BCUT2D eigenvalue weighted by Crippen LogP contribution is 2.37. The van der Waals surface area contributed by atoms with Crippen molar-refractivity contribution in [2.75, 3.05) is 18.5 Å². The molecule has 6 nitrogen and oxygen atoms in total. The Morgan fingerprint density at radius 2 is 1.97 bits per heavy atom. The molecule has 0 aromatic heterocycles. The van der Waals surface area contributed by atoms with Gasteiger partial charge in [-0.2, -0.15) is 0 Å². The van der Waals surface area contributed by atoms with E-state index in [1.165, 1.54) is 17.0 Å². The number of amides is 2. The third-order valence-corrected chi connectivity index (χ3v) is 5.77. The number of hydrogen-bond acceptors (Lipinski definition) is 3. The van der Waals surface area contributed by atoms with Gasteiger partial charge in [-0.05, 0) is 35.6 Å². The number of rotatable bonds is 4. The van der Waals surface area contributed by atoms with E-state index in [9.17, 15) is 19.1 Å². The number of carbonyl (C=O) groups is 2. The van der Waals surface area contributed by atoms with Crippen LogP contribution in [0.3, 0.4) is 0 Å². The Bertz CT molecular complexity index is 976. The third kappa shape index (κ3) is 5.28. The zero-order chi connectivity index (χ0) is 22.8. The Hall–Kier alpha value is -2.80. The standard InChI is InChI=1S/C23H26ClFN2O4/c1-23(2,3)20-15(10-11-27(20)22(29)30)13-31-21(28)26-19-7-5-4-6-16(19)14-8-9-18(25)17(24)12-14/h4-9,12,15,20H,10-11,13H2,1-3H3,(H,26,28)(H,29,30). The molecule has 2 unspecified atom stereocenters. The van der Waals surface area contributed by atoms with E-state index in [0.717, 1.165) is 0 Å². The van der Waals surface area contributed by atoms with Gasteiger partial charge in [0.2, 0.25) is 0 Å². The fourth-order valence-corrected chi connectivity index (χ4v) is 4.44. The number of para-hydroxylation sites is 1. The van der Waals surface area contributed by atoms with Gasteiger partial charge in [-0.15, -0.1) is 0 Å². The maximum absolute atomic E-state index is 13.5. The average Bonchev–Trinajstić information content (AvgIpc) is 3.14. The molecule has 2 aromatic rings. The maximum Gasteiger partial charge on any atom is 0.411 e. The predicted octanol–water partition coefficient (Wildman–Crippen LogP) is 6.11. The van der Waals surface area contributed by atoms with Crippen molar-refractivity contribution in [3.05, 3.63) is 53.3 Å². The van der Waals surface area contributed by atoms with Crippen molar-refractivity contribution in [3.8, 4) is 11.1 Å².